The first-order chi connectivity index (χ1) is 9.31. The van der Waals surface area contributed by atoms with E-state index in [2.05, 4.69) is 62.4 Å². The van der Waals surface area contributed by atoms with E-state index in [1.54, 1.807) is 0 Å². The highest BCUT2D eigenvalue weighted by Crippen LogP contribution is 2.10. The van der Waals surface area contributed by atoms with E-state index in [-0.39, 0.29) is 0 Å². The maximum Gasteiger partial charge on any atom is 0.0721 e. The van der Waals surface area contributed by atoms with Crippen LogP contribution in [0.2, 0.25) is 0 Å². The van der Waals surface area contributed by atoms with Crippen LogP contribution in [0.5, 0.6) is 0 Å². The van der Waals surface area contributed by atoms with Crippen molar-refractivity contribution in [3.05, 3.63) is 70.8 Å². The van der Waals surface area contributed by atoms with E-state index in [1.807, 2.05) is 0 Å². The van der Waals surface area contributed by atoms with Gasteiger partial charge in [0.25, 0.3) is 0 Å². The van der Waals surface area contributed by atoms with E-state index >= 15 is 0 Å². The summed E-state index contributed by atoms with van der Waals surface area (Å²) >= 11 is 0. The molecule has 0 bridgehead atoms. The van der Waals surface area contributed by atoms with Gasteiger partial charge in [0.2, 0.25) is 0 Å². The fraction of sp³-hybridized carbons (Fsp3) is 0.333. The number of rotatable bonds is 6. The van der Waals surface area contributed by atoms with E-state index in [0.29, 0.717) is 13.2 Å². The SMILES string of the molecule is CCc1ccc(COCc2ccc(CC)cc2)cc1. The van der Waals surface area contributed by atoms with Gasteiger partial charge in [-0.05, 0) is 35.1 Å². The molecule has 1 nitrogen and oxygen atoms in total. The van der Waals surface area contributed by atoms with E-state index < -0.39 is 0 Å². The lowest BCUT2D eigenvalue weighted by molar-refractivity contribution is 0.107. The van der Waals surface area contributed by atoms with Crippen LogP contribution in [-0.4, -0.2) is 0 Å². The first kappa shape index (κ1) is 13.8. The molecule has 0 saturated heterocycles. The Labute approximate surface area is 116 Å². The van der Waals surface area contributed by atoms with Crippen LogP contribution in [0, 0.1) is 0 Å². The molecule has 0 spiro atoms. The summed E-state index contributed by atoms with van der Waals surface area (Å²) in [7, 11) is 0. The molecule has 0 aromatic heterocycles. The monoisotopic (exact) mass is 254 g/mol. The van der Waals surface area contributed by atoms with Crippen molar-refractivity contribution in [2.24, 2.45) is 0 Å². The first-order valence-corrected chi connectivity index (χ1v) is 7.05. The molecular formula is C18H22O. The second-order valence-electron chi connectivity index (χ2n) is 4.83. The van der Waals surface area contributed by atoms with Gasteiger partial charge in [-0.3, -0.25) is 0 Å². The van der Waals surface area contributed by atoms with Crippen molar-refractivity contribution in [1.29, 1.82) is 0 Å². The average Bonchev–Trinajstić information content (AvgIpc) is 2.49. The molecule has 2 rings (SSSR count). The van der Waals surface area contributed by atoms with Crippen molar-refractivity contribution in [3.8, 4) is 0 Å². The summed E-state index contributed by atoms with van der Waals surface area (Å²) in [5.41, 5.74) is 5.22. The summed E-state index contributed by atoms with van der Waals surface area (Å²) < 4.78 is 5.75. The minimum Gasteiger partial charge on any atom is -0.372 e. The van der Waals surface area contributed by atoms with Crippen molar-refractivity contribution >= 4 is 0 Å². The van der Waals surface area contributed by atoms with Gasteiger partial charge in [0.15, 0.2) is 0 Å². The summed E-state index contributed by atoms with van der Waals surface area (Å²) in [6.07, 6.45) is 2.18. The number of hydrogen-bond donors (Lipinski definition) is 0. The van der Waals surface area contributed by atoms with Gasteiger partial charge in [-0.2, -0.15) is 0 Å². The summed E-state index contributed by atoms with van der Waals surface area (Å²) in [6.45, 7) is 5.70. The zero-order chi connectivity index (χ0) is 13.5. The Hall–Kier alpha value is -1.60. The second-order valence-corrected chi connectivity index (χ2v) is 4.83. The van der Waals surface area contributed by atoms with Crippen LogP contribution in [0.25, 0.3) is 0 Å². The Kier molecular flexibility index (Phi) is 5.17. The Morgan fingerprint density at radius 2 is 0.895 bits per heavy atom. The Bertz CT molecular complexity index is 435. The minimum absolute atomic E-state index is 0.680. The molecule has 0 heterocycles. The molecule has 0 unspecified atom stereocenters. The smallest absolute Gasteiger partial charge is 0.0721 e. The fourth-order valence-corrected chi connectivity index (χ4v) is 2.03. The molecule has 0 amide bonds. The predicted octanol–water partition coefficient (Wildman–Crippen LogP) is 4.53. The van der Waals surface area contributed by atoms with Crippen molar-refractivity contribution in [3.63, 3.8) is 0 Å². The Balaban J connectivity index is 1.81. The molecule has 0 N–H and O–H groups in total. The standard InChI is InChI=1S/C18H22O/c1-3-15-5-9-17(10-6-15)13-19-14-18-11-7-16(4-2)8-12-18/h5-12H,3-4,13-14H2,1-2H3. The van der Waals surface area contributed by atoms with Gasteiger partial charge in [0.05, 0.1) is 13.2 Å². The van der Waals surface area contributed by atoms with Crippen molar-refractivity contribution in [2.75, 3.05) is 0 Å². The molecule has 0 aliphatic rings. The van der Waals surface area contributed by atoms with Crippen molar-refractivity contribution < 1.29 is 4.74 Å². The van der Waals surface area contributed by atoms with Crippen LogP contribution in [0.3, 0.4) is 0 Å². The zero-order valence-electron chi connectivity index (χ0n) is 11.9. The lowest BCUT2D eigenvalue weighted by Crippen LogP contribution is -1.95. The first-order valence-electron chi connectivity index (χ1n) is 7.05. The molecule has 19 heavy (non-hydrogen) atoms. The number of aryl methyl sites for hydroxylation is 2. The molecular weight excluding hydrogens is 232 g/mol. The molecule has 0 aliphatic carbocycles. The highest BCUT2D eigenvalue weighted by molar-refractivity contribution is 5.23. The van der Waals surface area contributed by atoms with Gasteiger partial charge in [0.1, 0.15) is 0 Å². The Morgan fingerprint density at radius 3 is 1.21 bits per heavy atom. The maximum atomic E-state index is 5.75. The van der Waals surface area contributed by atoms with Crippen LogP contribution in [-0.2, 0) is 30.8 Å². The third-order valence-corrected chi connectivity index (χ3v) is 3.40. The van der Waals surface area contributed by atoms with E-state index in [0.717, 1.165) is 12.8 Å². The van der Waals surface area contributed by atoms with Crippen molar-refractivity contribution in [1.82, 2.24) is 0 Å². The molecule has 2 aromatic rings. The van der Waals surface area contributed by atoms with Gasteiger partial charge in [0, 0.05) is 0 Å². The maximum absolute atomic E-state index is 5.75. The van der Waals surface area contributed by atoms with Gasteiger partial charge < -0.3 is 4.74 Å². The van der Waals surface area contributed by atoms with E-state index in [1.165, 1.54) is 22.3 Å². The molecule has 0 radical (unpaired) electrons. The number of ether oxygens (including phenoxy) is 1. The van der Waals surface area contributed by atoms with Crippen LogP contribution in [0.1, 0.15) is 36.1 Å². The fourth-order valence-electron chi connectivity index (χ4n) is 2.03. The molecule has 100 valence electrons. The quantitative estimate of drug-likeness (QED) is 0.736. The summed E-state index contributed by atoms with van der Waals surface area (Å²) in [6, 6.07) is 17.3. The third-order valence-electron chi connectivity index (χ3n) is 3.40. The largest absolute Gasteiger partial charge is 0.372 e. The predicted molar refractivity (Wildman–Crippen MR) is 80.1 cm³/mol. The van der Waals surface area contributed by atoms with E-state index in [9.17, 15) is 0 Å². The molecule has 0 fully saturated rings. The lowest BCUT2D eigenvalue weighted by atomic mass is 10.1. The van der Waals surface area contributed by atoms with Gasteiger partial charge in [-0.25, -0.2) is 0 Å². The summed E-state index contributed by atoms with van der Waals surface area (Å²) in [4.78, 5) is 0. The number of benzene rings is 2. The van der Waals surface area contributed by atoms with Gasteiger partial charge in [-0.1, -0.05) is 62.4 Å². The normalized spacial score (nSPS) is 10.6. The zero-order valence-corrected chi connectivity index (χ0v) is 11.9. The Morgan fingerprint density at radius 1 is 0.579 bits per heavy atom. The topological polar surface area (TPSA) is 9.23 Å². The third kappa shape index (κ3) is 4.22. The van der Waals surface area contributed by atoms with Crippen LogP contribution in [0.4, 0.5) is 0 Å². The highest BCUT2D eigenvalue weighted by Gasteiger charge is 1.96. The van der Waals surface area contributed by atoms with Crippen molar-refractivity contribution in [2.45, 2.75) is 39.9 Å². The number of hydrogen-bond acceptors (Lipinski definition) is 1. The molecule has 0 aliphatic heterocycles. The van der Waals surface area contributed by atoms with Gasteiger partial charge >= 0.3 is 0 Å². The highest BCUT2D eigenvalue weighted by atomic mass is 16.5. The van der Waals surface area contributed by atoms with Crippen LogP contribution < -0.4 is 0 Å². The summed E-state index contributed by atoms with van der Waals surface area (Å²) in [5.74, 6) is 0. The molecule has 2 aromatic carbocycles. The minimum atomic E-state index is 0.680. The van der Waals surface area contributed by atoms with Crippen LogP contribution in [0.15, 0.2) is 48.5 Å². The van der Waals surface area contributed by atoms with E-state index in [4.69, 9.17) is 4.74 Å². The average molecular weight is 254 g/mol. The van der Waals surface area contributed by atoms with Crippen LogP contribution >= 0.6 is 0 Å². The molecule has 0 saturated carbocycles. The van der Waals surface area contributed by atoms with Gasteiger partial charge in [-0.15, -0.1) is 0 Å². The molecule has 1 heteroatoms. The molecule has 0 atom stereocenters. The second kappa shape index (κ2) is 7.10. The summed E-state index contributed by atoms with van der Waals surface area (Å²) in [5, 5.41) is 0. The lowest BCUT2D eigenvalue weighted by Gasteiger charge is -2.06.